The second-order valence-electron chi connectivity index (χ2n) is 6.83. The minimum Gasteiger partial charge on any atom is -0.481 e. The SMILES string of the molecule is CC(CCCCC1CCCCC1)CCC(N)CC(=O)O. The summed E-state index contributed by atoms with van der Waals surface area (Å²) >= 11 is 0. The van der Waals surface area contributed by atoms with E-state index in [4.69, 9.17) is 10.8 Å². The van der Waals surface area contributed by atoms with Crippen LogP contribution in [0.1, 0.15) is 84.0 Å². The Hall–Kier alpha value is -0.570. The summed E-state index contributed by atoms with van der Waals surface area (Å²) in [4.78, 5) is 10.5. The molecule has 20 heavy (non-hydrogen) atoms. The molecule has 2 unspecified atom stereocenters. The number of carbonyl (C=O) groups is 1. The molecule has 2 atom stereocenters. The Balaban J connectivity index is 1.96. The molecule has 118 valence electrons. The number of carboxylic acids is 1. The summed E-state index contributed by atoms with van der Waals surface area (Å²) in [6, 6.07) is -0.169. The van der Waals surface area contributed by atoms with Gasteiger partial charge in [0, 0.05) is 6.04 Å². The lowest BCUT2D eigenvalue weighted by Crippen LogP contribution is -2.24. The Kier molecular flexibility index (Phi) is 8.92. The molecule has 0 aromatic carbocycles. The Morgan fingerprint density at radius 3 is 2.50 bits per heavy atom. The third kappa shape index (κ3) is 8.57. The molecule has 0 bridgehead atoms. The molecular weight excluding hydrogens is 250 g/mol. The number of unbranched alkanes of at least 4 members (excludes halogenated alkanes) is 1. The molecule has 3 nitrogen and oxygen atoms in total. The van der Waals surface area contributed by atoms with E-state index in [1.165, 1.54) is 57.8 Å². The number of carboxylic acid groups (broad SMARTS) is 1. The van der Waals surface area contributed by atoms with Crippen LogP contribution in [0.3, 0.4) is 0 Å². The highest BCUT2D eigenvalue weighted by Gasteiger charge is 2.13. The second-order valence-corrected chi connectivity index (χ2v) is 6.83. The van der Waals surface area contributed by atoms with Crippen molar-refractivity contribution in [2.75, 3.05) is 0 Å². The quantitative estimate of drug-likeness (QED) is 0.586. The van der Waals surface area contributed by atoms with Gasteiger partial charge in [-0.2, -0.15) is 0 Å². The van der Waals surface area contributed by atoms with Crippen LogP contribution < -0.4 is 5.73 Å². The zero-order valence-corrected chi connectivity index (χ0v) is 13.2. The minimum absolute atomic E-state index is 0.106. The fourth-order valence-corrected chi connectivity index (χ4v) is 3.37. The Bertz CT molecular complexity index is 262. The average Bonchev–Trinajstić information content (AvgIpc) is 2.42. The zero-order chi connectivity index (χ0) is 14.8. The monoisotopic (exact) mass is 283 g/mol. The Morgan fingerprint density at radius 1 is 1.15 bits per heavy atom. The predicted octanol–water partition coefficient (Wildman–Crippen LogP) is 4.35. The third-order valence-corrected chi connectivity index (χ3v) is 4.75. The van der Waals surface area contributed by atoms with Crippen LogP contribution in [0.25, 0.3) is 0 Å². The molecule has 0 aromatic heterocycles. The van der Waals surface area contributed by atoms with E-state index in [2.05, 4.69) is 6.92 Å². The van der Waals surface area contributed by atoms with Crippen LogP contribution >= 0.6 is 0 Å². The Labute approximate surface area is 124 Å². The molecule has 3 heteroatoms. The van der Waals surface area contributed by atoms with Gasteiger partial charge in [0.25, 0.3) is 0 Å². The van der Waals surface area contributed by atoms with Gasteiger partial charge in [-0.3, -0.25) is 4.79 Å². The van der Waals surface area contributed by atoms with Crippen molar-refractivity contribution in [2.24, 2.45) is 17.6 Å². The zero-order valence-electron chi connectivity index (χ0n) is 13.2. The summed E-state index contributed by atoms with van der Waals surface area (Å²) in [6.07, 6.45) is 14.7. The van der Waals surface area contributed by atoms with Crippen LogP contribution in [0.4, 0.5) is 0 Å². The molecule has 1 rings (SSSR count). The van der Waals surface area contributed by atoms with Gasteiger partial charge in [0.2, 0.25) is 0 Å². The highest BCUT2D eigenvalue weighted by molar-refractivity contribution is 5.67. The van der Waals surface area contributed by atoms with E-state index in [1.54, 1.807) is 0 Å². The van der Waals surface area contributed by atoms with Crippen molar-refractivity contribution in [3.63, 3.8) is 0 Å². The second kappa shape index (κ2) is 10.2. The molecule has 0 aromatic rings. The van der Waals surface area contributed by atoms with Crippen LogP contribution in [0.2, 0.25) is 0 Å². The van der Waals surface area contributed by atoms with Gasteiger partial charge in [-0.25, -0.2) is 0 Å². The summed E-state index contributed by atoms with van der Waals surface area (Å²) in [5.74, 6) is 0.905. The average molecular weight is 283 g/mol. The highest BCUT2D eigenvalue weighted by atomic mass is 16.4. The van der Waals surface area contributed by atoms with Crippen LogP contribution in [0, 0.1) is 11.8 Å². The lowest BCUT2D eigenvalue weighted by Gasteiger charge is -2.21. The van der Waals surface area contributed by atoms with E-state index in [0.29, 0.717) is 5.92 Å². The molecule has 0 saturated heterocycles. The van der Waals surface area contributed by atoms with Gasteiger partial charge in [0.1, 0.15) is 0 Å². The van der Waals surface area contributed by atoms with Crippen molar-refractivity contribution < 1.29 is 9.90 Å². The summed E-state index contributed by atoms with van der Waals surface area (Å²) in [6.45, 7) is 2.27. The van der Waals surface area contributed by atoms with E-state index in [1.807, 2.05) is 0 Å². The molecule has 0 heterocycles. The molecule has 3 N–H and O–H groups in total. The summed E-state index contributed by atoms with van der Waals surface area (Å²) in [5, 5.41) is 8.67. The molecule has 1 fully saturated rings. The first kappa shape index (κ1) is 17.5. The van der Waals surface area contributed by atoms with Crippen LogP contribution in [0.5, 0.6) is 0 Å². The van der Waals surface area contributed by atoms with Crippen molar-refractivity contribution in [1.82, 2.24) is 0 Å². The van der Waals surface area contributed by atoms with Gasteiger partial charge in [-0.1, -0.05) is 64.7 Å². The van der Waals surface area contributed by atoms with Gasteiger partial charge in [0.15, 0.2) is 0 Å². The lowest BCUT2D eigenvalue weighted by atomic mass is 9.85. The standard InChI is InChI=1S/C17H33NO2/c1-14(11-12-16(18)13-17(19)20)7-5-6-10-15-8-3-2-4-9-15/h14-16H,2-13,18H2,1H3,(H,19,20). The summed E-state index contributed by atoms with van der Waals surface area (Å²) in [5.41, 5.74) is 5.79. The maximum atomic E-state index is 10.5. The first-order valence-electron chi connectivity index (χ1n) is 8.55. The maximum Gasteiger partial charge on any atom is 0.304 e. The number of hydrogen-bond donors (Lipinski definition) is 2. The molecule has 0 aliphatic heterocycles. The minimum atomic E-state index is -0.780. The Morgan fingerprint density at radius 2 is 1.85 bits per heavy atom. The molecule has 1 saturated carbocycles. The van der Waals surface area contributed by atoms with Crippen molar-refractivity contribution in [2.45, 2.75) is 90.0 Å². The third-order valence-electron chi connectivity index (χ3n) is 4.75. The topological polar surface area (TPSA) is 63.3 Å². The normalized spacial score (nSPS) is 19.7. The van der Waals surface area contributed by atoms with Crippen LogP contribution in [-0.2, 0) is 4.79 Å². The fraction of sp³-hybridized carbons (Fsp3) is 0.941. The smallest absolute Gasteiger partial charge is 0.304 e. The molecule has 0 amide bonds. The van der Waals surface area contributed by atoms with Gasteiger partial charge in [-0.15, -0.1) is 0 Å². The number of rotatable bonds is 10. The fourth-order valence-electron chi connectivity index (χ4n) is 3.37. The molecule has 0 radical (unpaired) electrons. The van der Waals surface area contributed by atoms with E-state index in [-0.39, 0.29) is 12.5 Å². The lowest BCUT2D eigenvalue weighted by molar-refractivity contribution is -0.137. The van der Waals surface area contributed by atoms with Crippen molar-refractivity contribution in [1.29, 1.82) is 0 Å². The van der Waals surface area contributed by atoms with E-state index in [0.717, 1.165) is 18.8 Å². The molecular formula is C17H33NO2. The molecule has 1 aliphatic rings. The van der Waals surface area contributed by atoms with Crippen molar-refractivity contribution in [3.05, 3.63) is 0 Å². The largest absolute Gasteiger partial charge is 0.481 e. The van der Waals surface area contributed by atoms with Crippen molar-refractivity contribution in [3.8, 4) is 0 Å². The molecule has 0 spiro atoms. The van der Waals surface area contributed by atoms with E-state index < -0.39 is 5.97 Å². The molecule has 1 aliphatic carbocycles. The number of hydrogen-bond acceptors (Lipinski definition) is 2. The predicted molar refractivity (Wildman–Crippen MR) is 83.7 cm³/mol. The van der Waals surface area contributed by atoms with Gasteiger partial charge in [-0.05, 0) is 24.7 Å². The first-order chi connectivity index (χ1) is 9.58. The van der Waals surface area contributed by atoms with Gasteiger partial charge in [0.05, 0.1) is 6.42 Å². The summed E-state index contributed by atoms with van der Waals surface area (Å²) < 4.78 is 0. The number of aliphatic carboxylic acids is 1. The maximum absolute atomic E-state index is 10.5. The van der Waals surface area contributed by atoms with Crippen LogP contribution in [-0.4, -0.2) is 17.1 Å². The van der Waals surface area contributed by atoms with Crippen LogP contribution in [0.15, 0.2) is 0 Å². The summed E-state index contributed by atoms with van der Waals surface area (Å²) in [7, 11) is 0. The highest BCUT2D eigenvalue weighted by Crippen LogP contribution is 2.28. The first-order valence-corrected chi connectivity index (χ1v) is 8.55. The van der Waals surface area contributed by atoms with Crippen molar-refractivity contribution >= 4 is 5.97 Å². The number of nitrogens with two attached hydrogens (primary N) is 1. The van der Waals surface area contributed by atoms with E-state index in [9.17, 15) is 4.79 Å². The van der Waals surface area contributed by atoms with Gasteiger partial charge >= 0.3 is 5.97 Å². The van der Waals surface area contributed by atoms with E-state index >= 15 is 0 Å². The van der Waals surface area contributed by atoms with Gasteiger partial charge < -0.3 is 10.8 Å².